The molecule has 0 unspecified atom stereocenters. The van der Waals surface area contributed by atoms with Crippen LogP contribution in [0.25, 0.3) is 0 Å². The van der Waals surface area contributed by atoms with Crippen molar-refractivity contribution in [3.05, 3.63) is 52.3 Å². The smallest absolute Gasteiger partial charge is 0.321 e. The van der Waals surface area contributed by atoms with Crippen molar-refractivity contribution in [1.29, 1.82) is 0 Å². The van der Waals surface area contributed by atoms with Gasteiger partial charge >= 0.3 is 5.97 Å². The lowest BCUT2D eigenvalue weighted by atomic mass is 10.1. The summed E-state index contributed by atoms with van der Waals surface area (Å²) in [6.45, 7) is 9.37. The maximum absolute atomic E-state index is 12.4. The lowest BCUT2D eigenvalue weighted by Gasteiger charge is -2.09. The fourth-order valence-corrected chi connectivity index (χ4v) is 4.10. The number of aromatic nitrogens is 1. The van der Waals surface area contributed by atoms with Crippen LogP contribution in [0.1, 0.15) is 46.2 Å². The molecule has 0 aliphatic carbocycles. The molecule has 0 aliphatic rings. The summed E-state index contributed by atoms with van der Waals surface area (Å²) in [4.78, 5) is 24.4. The highest BCUT2D eigenvalue weighted by Crippen LogP contribution is 2.17. The first-order valence-corrected chi connectivity index (χ1v) is 11.0. The van der Waals surface area contributed by atoms with Gasteiger partial charge in [0.15, 0.2) is 6.61 Å². The minimum atomic E-state index is -3.84. The maximum atomic E-state index is 12.4. The highest BCUT2D eigenvalue weighted by molar-refractivity contribution is 7.89. The molecule has 0 saturated carbocycles. The van der Waals surface area contributed by atoms with Crippen LogP contribution in [0.15, 0.2) is 29.2 Å². The van der Waals surface area contributed by atoms with Gasteiger partial charge in [0.1, 0.15) is 6.54 Å². The van der Waals surface area contributed by atoms with Crippen LogP contribution in [0.3, 0.4) is 0 Å². The summed E-state index contributed by atoms with van der Waals surface area (Å²) < 4.78 is 33.9. The molecule has 0 saturated heterocycles. The number of nitrogens with zero attached hydrogens (tertiary/aromatic N) is 1. The molecule has 1 heterocycles. The van der Waals surface area contributed by atoms with Crippen molar-refractivity contribution in [2.75, 3.05) is 13.2 Å². The van der Waals surface area contributed by atoms with Gasteiger partial charge in [-0.05, 0) is 63.4 Å². The van der Waals surface area contributed by atoms with Gasteiger partial charge in [0.25, 0.3) is 0 Å². The average Bonchev–Trinajstić information content (AvgIpc) is 2.95. The van der Waals surface area contributed by atoms with E-state index in [0.717, 1.165) is 35.5 Å². The van der Waals surface area contributed by atoms with Gasteiger partial charge in [-0.1, -0.05) is 13.0 Å². The third-order valence-electron chi connectivity index (χ3n) is 4.88. The standard InChI is InChI=1S/C21H28N2O5S/c1-6-9-23-16(4)11-19(17(23)5)20(24)13-28-21(25)12-22-29(26,27)18-8-7-14(2)15(3)10-18/h7-8,10-11,22H,6,9,12-13H2,1-5H3. The molecule has 0 radical (unpaired) electrons. The zero-order valence-electron chi connectivity index (χ0n) is 17.5. The zero-order chi connectivity index (χ0) is 21.8. The van der Waals surface area contributed by atoms with E-state index in [1.807, 2.05) is 32.3 Å². The summed E-state index contributed by atoms with van der Waals surface area (Å²) in [7, 11) is -3.84. The molecule has 0 bridgehead atoms. The van der Waals surface area contributed by atoms with E-state index in [-0.39, 0.29) is 10.7 Å². The van der Waals surface area contributed by atoms with Gasteiger partial charge in [-0.15, -0.1) is 0 Å². The van der Waals surface area contributed by atoms with E-state index >= 15 is 0 Å². The van der Waals surface area contributed by atoms with Crippen LogP contribution in [-0.2, 0) is 26.1 Å². The van der Waals surface area contributed by atoms with Crippen LogP contribution >= 0.6 is 0 Å². The second-order valence-electron chi connectivity index (χ2n) is 7.09. The van der Waals surface area contributed by atoms with Crippen LogP contribution in [0.5, 0.6) is 0 Å². The number of ether oxygens (including phenoxy) is 1. The number of rotatable bonds is 9. The number of carbonyl (C=O) groups is 2. The SMILES string of the molecule is CCCn1c(C)cc(C(=O)COC(=O)CNS(=O)(=O)c2ccc(C)c(C)c2)c1C. The lowest BCUT2D eigenvalue weighted by Crippen LogP contribution is -2.31. The summed E-state index contributed by atoms with van der Waals surface area (Å²) in [5, 5.41) is 0. The molecule has 158 valence electrons. The Bertz CT molecular complexity index is 1020. The predicted molar refractivity (Wildman–Crippen MR) is 111 cm³/mol. The first kappa shape index (κ1) is 22.8. The molecule has 1 aromatic carbocycles. The van der Waals surface area contributed by atoms with Crippen molar-refractivity contribution in [3.63, 3.8) is 0 Å². The minimum absolute atomic E-state index is 0.0767. The van der Waals surface area contributed by atoms with E-state index in [9.17, 15) is 18.0 Å². The highest BCUT2D eigenvalue weighted by Gasteiger charge is 2.19. The average molecular weight is 421 g/mol. The summed E-state index contributed by atoms with van der Waals surface area (Å²) in [6, 6.07) is 6.50. The first-order chi connectivity index (χ1) is 13.6. The van der Waals surface area contributed by atoms with Crippen molar-refractivity contribution in [2.45, 2.75) is 52.5 Å². The fourth-order valence-electron chi connectivity index (χ4n) is 3.04. The van der Waals surface area contributed by atoms with Crippen LogP contribution in [-0.4, -0.2) is 37.9 Å². The molecule has 7 nitrogen and oxygen atoms in total. The number of nitrogens with one attached hydrogen (secondary N) is 1. The number of ketones is 1. The molecule has 2 aromatic rings. The second-order valence-corrected chi connectivity index (χ2v) is 8.86. The zero-order valence-corrected chi connectivity index (χ0v) is 18.4. The Morgan fingerprint density at radius 1 is 1.07 bits per heavy atom. The van der Waals surface area contributed by atoms with E-state index in [0.29, 0.717) is 5.56 Å². The fraction of sp³-hybridized carbons (Fsp3) is 0.429. The van der Waals surface area contributed by atoms with Gasteiger partial charge in [-0.3, -0.25) is 9.59 Å². The van der Waals surface area contributed by atoms with E-state index in [1.54, 1.807) is 18.2 Å². The van der Waals surface area contributed by atoms with E-state index in [2.05, 4.69) is 11.6 Å². The third-order valence-corrected chi connectivity index (χ3v) is 6.28. The Morgan fingerprint density at radius 3 is 2.38 bits per heavy atom. The largest absolute Gasteiger partial charge is 0.456 e. The Labute approximate surface area is 172 Å². The Hall–Kier alpha value is -2.45. The van der Waals surface area contributed by atoms with Gasteiger partial charge in [-0.25, -0.2) is 8.42 Å². The van der Waals surface area contributed by atoms with Crippen molar-refractivity contribution in [1.82, 2.24) is 9.29 Å². The molecular formula is C21H28N2O5S. The summed E-state index contributed by atoms with van der Waals surface area (Å²) in [6.07, 6.45) is 0.944. The van der Waals surface area contributed by atoms with E-state index in [1.165, 1.54) is 6.07 Å². The summed E-state index contributed by atoms with van der Waals surface area (Å²) in [5.74, 6) is -1.13. The van der Waals surface area contributed by atoms with Crippen molar-refractivity contribution >= 4 is 21.8 Å². The molecule has 1 N–H and O–H groups in total. The topological polar surface area (TPSA) is 94.5 Å². The molecule has 29 heavy (non-hydrogen) atoms. The molecular weight excluding hydrogens is 392 g/mol. The lowest BCUT2D eigenvalue weighted by molar-refractivity contribution is -0.141. The first-order valence-electron chi connectivity index (χ1n) is 9.49. The van der Waals surface area contributed by atoms with Crippen LogP contribution in [0.2, 0.25) is 0 Å². The molecule has 1 aromatic heterocycles. The normalized spacial score (nSPS) is 11.5. The number of esters is 1. The Morgan fingerprint density at radius 2 is 1.76 bits per heavy atom. The minimum Gasteiger partial charge on any atom is -0.456 e. The van der Waals surface area contributed by atoms with Gasteiger partial charge in [0.05, 0.1) is 4.90 Å². The maximum Gasteiger partial charge on any atom is 0.321 e. The molecule has 0 aliphatic heterocycles. The van der Waals surface area contributed by atoms with Crippen LogP contribution in [0.4, 0.5) is 0 Å². The highest BCUT2D eigenvalue weighted by atomic mass is 32.2. The monoisotopic (exact) mass is 420 g/mol. The van der Waals surface area contributed by atoms with Gasteiger partial charge in [0.2, 0.25) is 15.8 Å². The number of benzene rings is 1. The third kappa shape index (κ3) is 5.55. The number of sulfonamides is 1. The van der Waals surface area contributed by atoms with E-state index in [4.69, 9.17) is 4.74 Å². The Balaban J connectivity index is 1.93. The quantitative estimate of drug-likeness (QED) is 0.497. The van der Waals surface area contributed by atoms with Crippen LogP contribution in [0, 0.1) is 27.7 Å². The van der Waals surface area contributed by atoms with Crippen molar-refractivity contribution < 1.29 is 22.7 Å². The van der Waals surface area contributed by atoms with Crippen molar-refractivity contribution in [2.24, 2.45) is 0 Å². The van der Waals surface area contributed by atoms with Crippen molar-refractivity contribution in [3.8, 4) is 0 Å². The molecule has 8 heteroatoms. The predicted octanol–water partition coefficient (Wildman–Crippen LogP) is 2.84. The molecule has 0 amide bonds. The molecule has 0 fully saturated rings. The van der Waals surface area contributed by atoms with E-state index < -0.39 is 29.1 Å². The number of hydrogen-bond donors (Lipinski definition) is 1. The van der Waals surface area contributed by atoms with Gasteiger partial charge in [-0.2, -0.15) is 4.72 Å². The summed E-state index contributed by atoms with van der Waals surface area (Å²) >= 11 is 0. The van der Waals surface area contributed by atoms with Crippen LogP contribution < -0.4 is 4.72 Å². The molecule has 0 atom stereocenters. The number of hydrogen-bond acceptors (Lipinski definition) is 5. The van der Waals surface area contributed by atoms with Gasteiger partial charge < -0.3 is 9.30 Å². The number of carbonyl (C=O) groups excluding carboxylic acids is 2. The summed E-state index contributed by atoms with van der Waals surface area (Å²) in [5.41, 5.74) is 4.13. The Kier molecular flexibility index (Phi) is 7.37. The van der Waals surface area contributed by atoms with Gasteiger partial charge in [0, 0.05) is 23.5 Å². The molecule has 0 spiro atoms. The second kappa shape index (κ2) is 9.37. The number of Topliss-reactive ketones (excluding diaryl/α,β-unsaturated/α-hetero) is 1. The molecule has 2 rings (SSSR count). The number of aryl methyl sites for hydroxylation is 3.